The van der Waals surface area contributed by atoms with Gasteiger partial charge < -0.3 is 4.90 Å². The molecule has 0 N–H and O–H groups in total. The molecule has 1 fully saturated rings. The summed E-state index contributed by atoms with van der Waals surface area (Å²) in [5.41, 5.74) is 1.95. The number of aromatic nitrogens is 1. The summed E-state index contributed by atoms with van der Waals surface area (Å²) in [6, 6.07) is 12.3. The van der Waals surface area contributed by atoms with E-state index in [4.69, 9.17) is 4.98 Å². The Balaban J connectivity index is 1.64. The van der Waals surface area contributed by atoms with Crippen LogP contribution in [0.3, 0.4) is 0 Å². The van der Waals surface area contributed by atoms with Crippen LogP contribution in [0.25, 0.3) is 10.9 Å². The predicted molar refractivity (Wildman–Crippen MR) is 111 cm³/mol. The van der Waals surface area contributed by atoms with Crippen LogP contribution in [0, 0.1) is 5.92 Å². The SMILES string of the molecule is CC(C)[C@H](CN(C=O)Cc1ccc2ccccc2n1)SC1CCCCC1. The molecule has 1 saturated carbocycles. The zero-order valence-electron chi connectivity index (χ0n) is 15.9. The topological polar surface area (TPSA) is 33.2 Å². The molecule has 1 atom stereocenters. The summed E-state index contributed by atoms with van der Waals surface area (Å²) in [7, 11) is 0. The second-order valence-corrected chi connectivity index (χ2v) is 9.25. The standard InChI is InChI=1S/C22H30N2OS/c1-17(2)22(26-20-9-4-3-5-10-20)15-24(16-25)14-19-13-12-18-8-6-7-11-21(18)23-19/h6-8,11-13,16-17,20,22H,3-5,9-10,14-15H2,1-2H3/t22-/m0/s1. The van der Waals surface area contributed by atoms with Crippen LogP contribution in [0.1, 0.15) is 51.6 Å². The highest BCUT2D eigenvalue weighted by Gasteiger charge is 2.23. The molecular formula is C22H30N2OS. The Morgan fingerprint density at radius 2 is 1.92 bits per heavy atom. The molecule has 1 amide bonds. The van der Waals surface area contributed by atoms with E-state index < -0.39 is 0 Å². The average molecular weight is 371 g/mol. The maximum absolute atomic E-state index is 11.7. The fourth-order valence-electron chi connectivity index (χ4n) is 3.64. The van der Waals surface area contributed by atoms with Crippen LogP contribution in [0.5, 0.6) is 0 Å². The van der Waals surface area contributed by atoms with Crippen LogP contribution in [0.2, 0.25) is 0 Å². The number of hydrogen-bond acceptors (Lipinski definition) is 3. The number of carbonyl (C=O) groups excluding carboxylic acids is 1. The number of amides is 1. The number of fused-ring (bicyclic) bond motifs is 1. The van der Waals surface area contributed by atoms with Gasteiger partial charge in [0.25, 0.3) is 0 Å². The monoisotopic (exact) mass is 370 g/mol. The molecule has 0 bridgehead atoms. The summed E-state index contributed by atoms with van der Waals surface area (Å²) in [5, 5.41) is 2.40. The van der Waals surface area contributed by atoms with Gasteiger partial charge in [-0.1, -0.05) is 57.4 Å². The Labute approximate surface area is 161 Å². The van der Waals surface area contributed by atoms with Crippen molar-refractivity contribution in [1.82, 2.24) is 9.88 Å². The molecule has 3 nitrogen and oxygen atoms in total. The number of rotatable bonds is 8. The van der Waals surface area contributed by atoms with Gasteiger partial charge in [0.05, 0.1) is 17.8 Å². The van der Waals surface area contributed by atoms with Crippen molar-refractivity contribution in [2.45, 2.75) is 63.0 Å². The molecule has 1 aromatic carbocycles. The minimum Gasteiger partial charge on any atom is -0.338 e. The maximum atomic E-state index is 11.7. The minimum atomic E-state index is 0.490. The first-order valence-electron chi connectivity index (χ1n) is 9.85. The van der Waals surface area contributed by atoms with E-state index in [0.717, 1.165) is 34.8 Å². The number of para-hydroxylation sites is 1. The fourth-order valence-corrected chi connectivity index (χ4v) is 5.33. The smallest absolute Gasteiger partial charge is 0.210 e. The van der Waals surface area contributed by atoms with E-state index in [2.05, 4.69) is 37.7 Å². The molecule has 1 heterocycles. The molecule has 1 aliphatic rings. The number of thioether (sulfide) groups is 1. The maximum Gasteiger partial charge on any atom is 0.210 e. The van der Waals surface area contributed by atoms with Crippen LogP contribution < -0.4 is 0 Å². The van der Waals surface area contributed by atoms with Gasteiger partial charge in [0.2, 0.25) is 6.41 Å². The highest BCUT2D eigenvalue weighted by molar-refractivity contribution is 8.00. The van der Waals surface area contributed by atoms with Crippen molar-refractivity contribution in [2.24, 2.45) is 5.92 Å². The molecule has 0 unspecified atom stereocenters. The van der Waals surface area contributed by atoms with E-state index in [1.165, 1.54) is 32.1 Å². The average Bonchev–Trinajstić information content (AvgIpc) is 2.67. The Kier molecular flexibility index (Phi) is 6.95. The number of hydrogen-bond donors (Lipinski definition) is 0. The van der Waals surface area contributed by atoms with E-state index in [-0.39, 0.29) is 0 Å². The van der Waals surface area contributed by atoms with E-state index in [9.17, 15) is 4.79 Å². The Morgan fingerprint density at radius 3 is 2.65 bits per heavy atom. The summed E-state index contributed by atoms with van der Waals surface area (Å²) in [5.74, 6) is 0.564. The Morgan fingerprint density at radius 1 is 1.15 bits per heavy atom. The van der Waals surface area contributed by atoms with E-state index in [1.54, 1.807) is 0 Å². The third kappa shape index (κ3) is 5.23. The highest BCUT2D eigenvalue weighted by Crippen LogP contribution is 2.34. The molecule has 1 aromatic heterocycles. The predicted octanol–water partition coefficient (Wildman–Crippen LogP) is 5.28. The molecule has 0 spiro atoms. The van der Waals surface area contributed by atoms with Crippen molar-refractivity contribution >= 4 is 29.1 Å². The zero-order chi connectivity index (χ0) is 18.4. The molecule has 140 valence electrons. The van der Waals surface area contributed by atoms with Crippen molar-refractivity contribution < 1.29 is 4.79 Å². The van der Waals surface area contributed by atoms with Gasteiger partial charge in [-0.25, -0.2) is 0 Å². The number of carbonyl (C=O) groups is 1. The summed E-state index contributed by atoms with van der Waals surface area (Å²) >= 11 is 2.11. The number of nitrogens with zero attached hydrogens (tertiary/aromatic N) is 2. The first kappa shape index (κ1) is 19.2. The van der Waals surface area contributed by atoms with E-state index in [0.29, 0.717) is 17.7 Å². The molecular weight excluding hydrogens is 340 g/mol. The van der Waals surface area contributed by atoms with Gasteiger partial charge in [-0.3, -0.25) is 9.78 Å². The number of benzene rings is 1. The summed E-state index contributed by atoms with van der Waals surface area (Å²) in [6.45, 7) is 5.94. The van der Waals surface area contributed by atoms with Crippen LogP contribution in [0.15, 0.2) is 36.4 Å². The largest absolute Gasteiger partial charge is 0.338 e. The van der Waals surface area contributed by atoms with Gasteiger partial charge in [0.15, 0.2) is 0 Å². The molecule has 2 aromatic rings. The molecule has 3 rings (SSSR count). The molecule has 26 heavy (non-hydrogen) atoms. The lowest BCUT2D eigenvalue weighted by atomic mass is 10.0. The van der Waals surface area contributed by atoms with Gasteiger partial charge in [-0.05, 0) is 30.9 Å². The van der Waals surface area contributed by atoms with Gasteiger partial charge in [0.1, 0.15) is 0 Å². The molecule has 0 aliphatic heterocycles. The first-order valence-corrected chi connectivity index (χ1v) is 10.8. The normalized spacial score (nSPS) is 16.7. The number of pyridine rings is 1. The third-order valence-corrected chi connectivity index (χ3v) is 7.15. The second-order valence-electron chi connectivity index (χ2n) is 7.71. The lowest BCUT2D eigenvalue weighted by molar-refractivity contribution is -0.118. The molecule has 0 saturated heterocycles. The lowest BCUT2D eigenvalue weighted by Gasteiger charge is -2.31. The van der Waals surface area contributed by atoms with Crippen molar-refractivity contribution in [2.75, 3.05) is 6.54 Å². The second kappa shape index (κ2) is 9.40. The van der Waals surface area contributed by atoms with Crippen molar-refractivity contribution in [3.8, 4) is 0 Å². The van der Waals surface area contributed by atoms with Gasteiger partial charge >= 0.3 is 0 Å². The summed E-state index contributed by atoms with van der Waals surface area (Å²) < 4.78 is 0. The van der Waals surface area contributed by atoms with Crippen LogP contribution in [-0.4, -0.2) is 33.3 Å². The van der Waals surface area contributed by atoms with Gasteiger partial charge in [-0.2, -0.15) is 11.8 Å². The van der Waals surface area contributed by atoms with Crippen LogP contribution >= 0.6 is 11.8 Å². The minimum absolute atomic E-state index is 0.490. The zero-order valence-corrected chi connectivity index (χ0v) is 16.8. The Bertz CT molecular complexity index is 712. The summed E-state index contributed by atoms with van der Waals surface area (Å²) in [6.07, 6.45) is 7.77. The van der Waals surface area contributed by atoms with Crippen molar-refractivity contribution in [3.05, 3.63) is 42.1 Å². The summed E-state index contributed by atoms with van der Waals surface area (Å²) in [4.78, 5) is 18.3. The van der Waals surface area contributed by atoms with Gasteiger partial charge in [-0.15, -0.1) is 0 Å². The van der Waals surface area contributed by atoms with Crippen molar-refractivity contribution in [3.63, 3.8) is 0 Å². The molecule has 0 radical (unpaired) electrons. The van der Waals surface area contributed by atoms with E-state index in [1.807, 2.05) is 29.2 Å². The highest BCUT2D eigenvalue weighted by atomic mass is 32.2. The van der Waals surface area contributed by atoms with E-state index >= 15 is 0 Å². The lowest BCUT2D eigenvalue weighted by Crippen LogP contribution is -2.34. The van der Waals surface area contributed by atoms with Crippen LogP contribution in [-0.2, 0) is 11.3 Å². The molecule has 4 heteroatoms. The van der Waals surface area contributed by atoms with Crippen LogP contribution in [0.4, 0.5) is 0 Å². The Hall–Kier alpha value is -1.55. The quantitative estimate of drug-likeness (QED) is 0.592. The first-order chi connectivity index (χ1) is 12.7. The third-order valence-electron chi connectivity index (χ3n) is 5.25. The fraction of sp³-hybridized carbons (Fsp3) is 0.545. The van der Waals surface area contributed by atoms with Gasteiger partial charge in [0, 0.05) is 22.4 Å². The van der Waals surface area contributed by atoms with Crippen molar-refractivity contribution in [1.29, 1.82) is 0 Å². The molecule has 1 aliphatic carbocycles.